The Labute approximate surface area is 137 Å². The maximum absolute atomic E-state index is 12.4. The predicted octanol–water partition coefficient (Wildman–Crippen LogP) is 2.33. The van der Waals surface area contributed by atoms with Crippen molar-refractivity contribution in [1.29, 1.82) is 0 Å². The van der Waals surface area contributed by atoms with Crippen LogP contribution in [0, 0.1) is 5.92 Å². The second kappa shape index (κ2) is 8.36. The molecule has 0 saturated heterocycles. The number of methoxy groups -OCH3 is 1. The summed E-state index contributed by atoms with van der Waals surface area (Å²) in [5.41, 5.74) is 0. The summed E-state index contributed by atoms with van der Waals surface area (Å²) in [4.78, 5) is 14.0. The summed E-state index contributed by atoms with van der Waals surface area (Å²) >= 11 is 0. The van der Waals surface area contributed by atoms with Crippen molar-refractivity contribution >= 4 is 6.03 Å². The summed E-state index contributed by atoms with van der Waals surface area (Å²) in [7, 11) is 3.35. The first-order valence-corrected chi connectivity index (χ1v) is 8.32. The minimum atomic E-state index is -0.316. The van der Waals surface area contributed by atoms with E-state index in [2.05, 4.69) is 5.32 Å². The number of hydrogen-bond donors (Lipinski definition) is 2. The molecule has 2 amide bonds. The van der Waals surface area contributed by atoms with E-state index in [1.54, 1.807) is 19.1 Å². The minimum Gasteiger partial charge on any atom is -0.464 e. The van der Waals surface area contributed by atoms with Gasteiger partial charge < -0.3 is 24.5 Å². The van der Waals surface area contributed by atoms with Crippen LogP contribution in [0.2, 0.25) is 0 Å². The highest BCUT2D eigenvalue weighted by atomic mass is 16.5. The molecule has 3 atom stereocenters. The highest BCUT2D eigenvalue weighted by molar-refractivity contribution is 5.74. The highest BCUT2D eigenvalue weighted by Crippen LogP contribution is 2.26. The third-order valence-electron chi connectivity index (χ3n) is 4.48. The summed E-state index contributed by atoms with van der Waals surface area (Å²) in [5.74, 6) is 1.76. The minimum absolute atomic E-state index is 0.168. The Hall–Kier alpha value is -1.53. The molecule has 0 radical (unpaired) electrons. The van der Waals surface area contributed by atoms with Gasteiger partial charge in [-0.1, -0.05) is 13.3 Å². The molecule has 6 heteroatoms. The normalized spacial score (nSPS) is 22.1. The van der Waals surface area contributed by atoms with Crippen LogP contribution in [0.15, 0.2) is 16.5 Å². The number of hydrogen-bond acceptors (Lipinski definition) is 4. The van der Waals surface area contributed by atoms with Crippen LogP contribution in [0.3, 0.4) is 0 Å². The van der Waals surface area contributed by atoms with E-state index in [1.165, 1.54) is 0 Å². The zero-order valence-corrected chi connectivity index (χ0v) is 14.2. The fourth-order valence-electron chi connectivity index (χ4n) is 3.06. The van der Waals surface area contributed by atoms with E-state index in [9.17, 15) is 9.90 Å². The largest absolute Gasteiger partial charge is 0.464 e. The molecule has 0 aliphatic heterocycles. The van der Waals surface area contributed by atoms with E-state index < -0.39 is 0 Å². The molecule has 1 aromatic heterocycles. The quantitative estimate of drug-likeness (QED) is 0.807. The smallest absolute Gasteiger partial charge is 0.317 e. The van der Waals surface area contributed by atoms with Gasteiger partial charge in [-0.15, -0.1) is 0 Å². The Balaban J connectivity index is 1.93. The summed E-state index contributed by atoms with van der Waals surface area (Å²) < 4.78 is 10.9. The summed E-state index contributed by atoms with van der Waals surface area (Å²) in [5, 5.41) is 12.8. The molecule has 0 bridgehead atoms. The van der Waals surface area contributed by atoms with Crippen LogP contribution in [-0.4, -0.2) is 49.5 Å². The van der Waals surface area contributed by atoms with Crippen LogP contribution in [0.5, 0.6) is 0 Å². The first-order chi connectivity index (χ1) is 11.0. The molecule has 1 aliphatic carbocycles. The van der Waals surface area contributed by atoms with Crippen LogP contribution in [0.4, 0.5) is 4.79 Å². The molecule has 6 nitrogen and oxygen atoms in total. The fraction of sp³-hybridized carbons (Fsp3) is 0.706. The number of amides is 2. The molecule has 2 rings (SSSR count). The van der Waals surface area contributed by atoms with Crippen LogP contribution >= 0.6 is 0 Å². The van der Waals surface area contributed by atoms with Crippen molar-refractivity contribution in [2.75, 3.05) is 27.3 Å². The van der Waals surface area contributed by atoms with Gasteiger partial charge in [0, 0.05) is 33.0 Å². The molecule has 1 heterocycles. The zero-order chi connectivity index (χ0) is 16.8. The lowest BCUT2D eigenvalue weighted by Crippen LogP contribution is -2.43. The van der Waals surface area contributed by atoms with Gasteiger partial charge in [0.15, 0.2) is 0 Å². The molecule has 3 unspecified atom stereocenters. The Bertz CT molecular complexity index is 503. The molecule has 1 saturated carbocycles. The van der Waals surface area contributed by atoms with Crippen LogP contribution in [-0.2, 0) is 11.2 Å². The molecular weight excluding hydrogens is 296 g/mol. The van der Waals surface area contributed by atoms with Gasteiger partial charge in [0.2, 0.25) is 0 Å². The third kappa shape index (κ3) is 4.72. The van der Waals surface area contributed by atoms with E-state index in [0.29, 0.717) is 18.9 Å². The number of carbonyl (C=O) groups excluding carboxylic acids is 1. The molecule has 130 valence electrons. The number of urea groups is 1. The Kier molecular flexibility index (Phi) is 6.47. The topological polar surface area (TPSA) is 74.9 Å². The van der Waals surface area contributed by atoms with Crippen molar-refractivity contribution in [2.45, 2.75) is 44.8 Å². The lowest BCUT2D eigenvalue weighted by molar-refractivity contribution is 0.110. The number of ether oxygens (including phenoxy) is 1. The molecule has 2 N–H and O–H groups in total. The first-order valence-electron chi connectivity index (χ1n) is 8.32. The van der Waals surface area contributed by atoms with E-state index in [4.69, 9.17) is 9.15 Å². The third-order valence-corrected chi connectivity index (χ3v) is 4.48. The number of aliphatic hydroxyl groups is 1. The average molecular weight is 324 g/mol. The number of aliphatic hydroxyl groups excluding tert-OH is 1. The second-order valence-electron chi connectivity index (χ2n) is 6.25. The standard InChI is InChI=1S/C17H28N2O4/c1-4-13-8-9-16(23-13)14(11-22-3)18-17(21)19(2)10-12-6-5-7-15(12)20/h8-9,12,14-15,20H,4-7,10-11H2,1-3H3,(H,18,21). The zero-order valence-electron chi connectivity index (χ0n) is 14.2. The number of rotatable bonds is 7. The van der Waals surface area contributed by atoms with Gasteiger partial charge >= 0.3 is 6.03 Å². The molecule has 23 heavy (non-hydrogen) atoms. The van der Waals surface area contributed by atoms with Gasteiger partial charge in [0.05, 0.1) is 12.7 Å². The van der Waals surface area contributed by atoms with Crippen molar-refractivity contribution in [3.63, 3.8) is 0 Å². The highest BCUT2D eigenvalue weighted by Gasteiger charge is 2.28. The predicted molar refractivity (Wildman–Crippen MR) is 87.2 cm³/mol. The lowest BCUT2D eigenvalue weighted by Gasteiger charge is -2.25. The Morgan fingerprint density at radius 1 is 1.52 bits per heavy atom. The van der Waals surface area contributed by atoms with Crippen molar-refractivity contribution < 1.29 is 19.1 Å². The van der Waals surface area contributed by atoms with Crippen molar-refractivity contribution in [3.8, 4) is 0 Å². The molecule has 1 fully saturated rings. The first kappa shape index (κ1) is 17.8. The molecule has 1 aromatic rings. The Morgan fingerprint density at radius 3 is 2.87 bits per heavy atom. The number of nitrogens with zero attached hydrogens (tertiary/aromatic N) is 1. The molecule has 0 aromatic carbocycles. The average Bonchev–Trinajstić information content (AvgIpc) is 3.16. The van der Waals surface area contributed by atoms with Crippen molar-refractivity contribution in [2.24, 2.45) is 5.92 Å². The monoisotopic (exact) mass is 324 g/mol. The van der Waals surface area contributed by atoms with Crippen LogP contribution in [0.1, 0.15) is 43.7 Å². The van der Waals surface area contributed by atoms with E-state index in [0.717, 1.165) is 31.4 Å². The second-order valence-corrected chi connectivity index (χ2v) is 6.25. The lowest BCUT2D eigenvalue weighted by atomic mass is 10.1. The maximum Gasteiger partial charge on any atom is 0.317 e. The Morgan fingerprint density at radius 2 is 2.30 bits per heavy atom. The number of furan rings is 1. The number of nitrogens with one attached hydrogen (secondary N) is 1. The summed E-state index contributed by atoms with van der Waals surface area (Å²) in [6.45, 7) is 2.93. The molecule has 1 aliphatic rings. The SMILES string of the molecule is CCc1ccc(C(COC)NC(=O)N(C)CC2CCCC2O)o1. The van der Waals surface area contributed by atoms with E-state index in [-0.39, 0.29) is 24.1 Å². The van der Waals surface area contributed by atoms with Crippen LogP contribution < -0.4 is 5.32 Å². The number of carbonyl (C=O) groups is 1. The van der Waals surface area contributed by atoms with Crippen molar-refractivity contribution in [3.05, 3.63) is 23.7 Å². The van der Waals surface area contributed by atoms with Gasteiger partial charge in [-0.25, -0.2) is 4.79 Å². The van der Waals surface area contributed by atoms with Gasteiger partial charge in [-0.2, -0.15) is 0 Å². The number of aryl methyl sites for hydroxylation is 1. The van der Waals surface area contributed by atoms with Crippen LogP contribution in [0.25, 0.3) is 0 Å². The van der Waals surface area contributed by atoms with E-state index in [1.807, 2.05) is 19.1 Å². The fourth-order valence-corrected chi connectivity index (χ4v) is 3.06. The maximum atomic E-state index is 12.4. The van der Waals surface area contributed by atoms with Gasteiger partial charge in [-0.3, -0.25) is 0 Å². The van der Waals surface area contributed by atoms with Gasteiger partial charge in [0.1, 0.15) is 17.6 Å². The van der Waals surface area contributed by atoms with Crippen molar-refractivity contribution in [1.82, 2.24) is 10.2 Å². The van der Waals surface area contributed by atoms with Gasteiger partial charge in [-0.05, 0) is 25.0 Å². The van der Waals surface area contributed by atoms with E-state index >= 15 is 0 Å². The molecule has 0 spiro atoms. The summed E-state index contributed by atoms with van der Waals surface area (Å²) in [6.07, 6.45) is 3.35. The molecular formula is C17H28N2O4. The van der Waals surface area contributed by atoms with Gasteiger partial charge in [0.25, 0.3) is 0 Å². The summed E-state index contributed by atoms with van der Waals surface area (Å²) in [6, 6.07) is 3.30.